The van der Waals surface area contributed by atoms with Crippen LogP contribution in [0.4, 0.5) is 10.5 Å². The van der Waals surface area contributed by atoms with Crippen LogP contribution in [0.5, 0.6) is 5.75 Å². The predicted octanol–water partition coefficient (Wildman–Crippen LogP) is 4.09. The molecule has 1 fully saturated rings. The van der Waals surface area contributed by atoms with Gasteiger partial charge in [-0.2, -0.15) is 0 Å². The molecule has 34 heavy (non-hydrogen) atoms. The topological polar surface area (TPSA) is 132 Å². The van der Waals surface area contributed by atoms with Gasteiger partial charge in [-0.05, 0) is 42.8 Å². The van der Waals surface area contributed by atoms with Crippen molar-refractivity contribution in [1.82, 2.24) is 10.2 Å². The molecule has 0 unspecified atom stereocenters. The van der Waals surface area contributed by atoms with E-state index < -0.39 is 28.8 Å². The second-order valence-corrected chi connectivity index (χ2v) is 7.42. The number of imide groups is 2. The number of carbonyl (C=O) groups excluding carboxylic acids is 3. The standard InChI is InChI=1S/C24H19N3O7/c1-14(15-6-4-3-5-7-15)26-23(29)19(22(28)25-24(26)30)12-17-9-11-21(34-17)18-10-8-16(33-2)13-20(18)27(31)32/h3-14H,1-2H3,(H,25,28,30)/b19-12-/t14-/m1/s1. The van der Waals surface area contributed by atoms with Gasteiger partial charge >= 0.3 is 6.03 Å². The number of benzene rings is 2. The van der Waals surface area contributed by atoms with E-state index in [0.29, 0.717) is 11.3 Å². The summed E-state index contributed by atoms with van der Waals surface area (Å²) in [5, 5.41) is 13.7. The molecule has 0 saturated carbocycles. The molecule has 0 bridgehead atoms. The van der Waals surface area contributed by atoms with Gasteiger partial charge in [0.1, 0.15) is 22.8 Å². The molecule has 2 aromatic carbocycles. The number of nitro benzene ring substituents is 1. The number of nitrogens with one attached hydrogen (secondary N) is 1. The van der Waals surface area contributed by atoms with Crippen LogP contribution < -0.4 is 10.1 Å². The smallest absolute Gasteiger partial charge is 0.331 e. The number of nitro groups is 1. The highest BCUT2D eigenvalue weighted by Gasteiger charge is 2.39. The number of barbiturate groups is 1. The fourth-order valence-electron chi connectivity index (χ4n) is 3.62. The largest absolute Gasteiger partial charge is 0.497 e. The Balaban J connectivity index is 1.67. The summed E-state index contributed by atoms with van der Waals surface area (Å²) in [5.41, 5.74) is 0.386. The molecule has 172 valence electrons. The van der Waals surface area contributed by atoms with Crippen LogP contribution in [0, 0.1) is 10.1 Å². The quantitative estimate of drug-likeness (QED) is 0.253. The molecule has 1 atom stereocenters. The Morgan fingerprint density at radius 2 is 1.82 bits per heavy atom. The van der Waals surface area contributed by atoms with Gasteiger partial charge in [0.05, 0.1) is 29.7 Å². The van der Waals surface area contributed by atoms with Gasteiger partial charge in [-0.25, -0.2) is 4.79 Å². The molecule has 1 N–H and O–H groups in total. The number of hydrogen-bond donors (Lipinski definition) is 1. The average Bonchev–Trinajstić information content (AvgIpc) is 3.30. The van der Waals surface area contributed by atoms with Gasteiger partial charge in [-0.1, -0.05) is 30.3 Å². The van der Waals surface area contributed by atoms with Gasteiger partial charge in [0, 0.05) is 0 Å². The molecule has 2 heterocycles. The van der Waals surface area contributed by atoms with E-state index in [9.17, 15) is 24.5 Å². The molecule has 1 aliphatic rings. The third kappa shape index (κ3) is 4.16. The summed E-state index contributed by atoms with van der Waals surface area (Å²) in [7, 11) is 1.40. The molecule has 0 aliphatic carbocycles. The van der Waals surface area contributed by atoms with Crippen LogP contribution in [0.1, 0.15) is 24.3 Å². The number of furan rings is 1. The van der Waals surface area contributed by atoms with Crippen LogP contribution in [0.3, 0.4) is 0 Å². The highest BCUT2D eigenvalue weighted by molar-refractivity contribution is 6.31. The normalized spacial score (nSPS) is 15.9. The zero-order valence-corrected chi connectivity index (χ0v) is 18.2. The zero-order chi connectivity index (χ0) is 24.4. The molecular weight excluding hydrogens is 442 g/mol. The maximum absolute atomic E-state index is 13.1. The summed E-state index contributed by atoms with van der Waals surface area (Å²) in [6.45, 7) is 1.67. The summed E-state index contributed by atoms with van der Waals surface area (Å²) >= 11 is 0. The van der Waals surface area contributed by atoms with Crippen molar-refractivity contribution < 1.29 is 28.5 Å². The van der Waals surface area contributed by atoms with Crippen molar-refractivity contribution in [3.63, 3.8) is 0 Å². The Morgan fingerprint density at radius 1 is 1.09 bits per heavy atom. The fourth-order valence-corrected chi connectivity index (χ4v) is 3.62. The van der Waals surface area contributed by atoms with Gasteiger partial charge in [-0.15, -0.1) is 0 Å². The van der Waals surface area contributed by atoms with E-state index in [4.69, 9.17) is 9.15 Å². The van der Waals surface area contributed by atoms with Crippen molar-refractivity contribution in [2.45, 2.75) is 13.0 Å². The Labute approximate surface area is 193 Å². The first kappa shape index (κ1) is 22.5. The minimum atomic E-state index is -0.861. The van der Waals surface area contributed by atoms with Gasteiger partial charge in [0.15, 0.2) is 0 Å². The maximum Gasteiger partial charge on any atom is 0.331 e. The number of amides is 4. The van der Waals surface area contributed by atoms with E-state index in [-0.39, 0.29) is 28.3 Å². The van der Waals surface area contributed by atoms with Gasteiger partial charge in [0.2, 0.25) is 0 Å². The lowest BCUT2D eigenvalue weighted by molar-refractivity contribution is -0.384. The van der Waals surface area contributed by atoms with Crippen LogP contribution in [0.15, 0.2) is 70.7 Å². The van der Waals surface area contributed by atoms with Crippen LogP contribution in [0.2, 0.25) is 0 Å². The van der Waals surface area contributed by atoms with E-state index in [1.54, 1.807) is 37.3 Å². The number of carbonyl (C=O) groups is 3. The van der Waals surface area contributed by atoms with Crippen molar-refractivity contribution >= 4 is 29.6 Å². The van der Waals surface area contributed by atoms with Gasteiger partial charge in [-0.3, -0.25) is 29.9 Å². The number of urea groups is 1. The monoisotopic (exact) mass is 461 g/mol. The van der Waals surface area contributed by atoms with E-state index in [2.05, 4.69) is 5.32 Å². The molecule has 4 amide bonds. The predicted molar refractivity (Wildman–Crippen MR) is 121 cm³/mol. The van der Waals surface area contributed by atoms with Crippen molar-refractivity contribution in [2.24, 2.45) is 0 Å². The first-order chi connectivity index (χ1) is 16.3. The third-order valence-corrected chi connectivity index (χ3v) is 5.38. The SMILES string of the molecule is COc1ccc(-c2ccc(/C=C3/C(=O)NC(=O)N([C@H](C)c4ccccc4)C3=O)o2)c([N+](=O)[O-])c1. The lowest BCUT2D eigenvalue weighted by atomic mass is 10.0. The molecule has 0 radical (unpaired) electrons. The molecule has 3 aromatic rings. The summed E-state index contributed by atoms with van der Waals surface area (Å²) in [4.78, 5) is 49.8. The van der Waals surface area contributed by atoms with Gasteiger partial charge in [0.25, 0.3) is 17.5 Å². The van der Waals surface area contributed by atoms with Crippen LogP contribution in [-0.4, -0.2) is 34.8 Å². The van der Waals surface area contributed by atoms with Crippen LogP contribution in [0.25, 0.3) is 17.4 Å². The highest BCUT2D eigenvalue weighted by Crippen LogP contribution is 2.35. The van der Waals surface area contributed by atoms with Crippen LogP contribution >= 0.6 is 0 Å². The average molecular weight is 461 g/mol. The lowest BCUT2D eigenvalue weighted by Gasteiger charge is -2.31. The molecule has 0 spiro atoms. The fraction of sp³-hybridized carbons (Fsp3) is 0.125. The maximum atomic E-state index is 13.1. The Kier molecular flexibility index (Phi) is 5.96. The van der Waals surface area contributed by atoms with Gasteiger partial charge < -0.3 is 9.15 Å². The summed E-state index contributed by atoms with van der Waals surface area (Å²) in [6.07, 6.45) is 1.20. The minimum absolute atomic E-state index is 0.111. The molecule has 1 aromatic heterocycles. The number of nitrogens with zero attached hydrogens (tertiary/aromatic N) is 2. The van der Waals surface area contributed by atoms with E-state index in [0.717, 1.165) is 4.90 Å². The number of rotatable bonds is 6. The summed E-state index contributed by atoms with van der Waals surface area (Å²) in [6, 6.07) is 14.7. The van der Waals surface area contributed by atoms with Crippen molar-refractivity contribution in [2.75, 3.05) is 7.11 Å². The minimum Gasteiger partial charge on any atom is -0.497 e. The molecule has 1 saturated heterocycles. The first-order valence-electron chi connectivity index (χ1n) is 10.2. The second kappa shape index (κ2) is 9.02. The van der Waals surface area contributed by atoms with Crippen molar-refractivity contribution in [3.05, 3.63) is 87.7 Å². The molecule has 10 nitrogen and oxygen atoms in total. The van der Waals surface area contributed by atoms with Crippen molar-refractivity contribution in [1.29, 1.82) is 0 Å². The zero-order valence-electron chi connectivity index (χ0n) is 18.2. The summed E-state index contributed by atoms with van der Waals surface area (Å²) < 4.78 is 10.7. The Morgan fingerprint density at radius 3 is 2.50 bits per heavy atom. The molecular formula is C24H19N3O7. The second-order valence-electron chi connectivity index (χ2n) is 7.42. The third-order valence-electron chi connectivity index (χ3n) is 5.38. The summed E-state index contributed by atoms with van der Waals surface area (Å²) in [5.74, 6) is -1.06. The molecule has 1 aliphatic heterocycles. The Bertz CT molecular complexity index is 1330. The van der Waals surface area contributed by atoms with Crippen LogP contribution in [-0.2, 0) is 9.59 Å². The number of methoxy groups -OCH3 is 1. The lowest BCUT2D eigenvalue weighted by Crippen LogP contribution is -2.54. The van der Waals surface area contributed by atoms with E-state index in [1.807, 2.05) is 6.07 Å². The van der Waals surface area contributed by atoms with E-state index >= 15 is 0 Å². The number of ether oxygens (including phenoxy) is 1. The molecule has 10 heteroatoms. The highest BCUT2D eigenvalue weighted by atomic mass is 16.6. The Hall–Kier alpha value is -4.73. The first-order valence-corrected chi connectivity index (χ1v) is 10.2. The van der Waals surface area contributed by atoms with E-state index in [1.165, 1.54) is 37.5 Å². The molecule has 4 rings (SSSR count). The number of hydrogen-bond acceptors (Lipinski definition) is 7. The van der Waals surface area contributed by atoms with Crippen molar-refractivity contribution in [3.8, 4) is 17.1 Å².